The highest BCUT2D eigenvalue weighted by Gasteiger charge is 2.09. The molecule has 13 heavy (non-hydrogen) atoms. The van der Waals surface area contributed by atoms with E-state index in [0.717, 1.165) is 0 Å². The van der Waals surface area contributed by atoms with Crippen LogP contribution in [0.3, 0.4) is 0 Å². The maximum atomic E-state index is 11.7. The van der Waals surface area contributed by atoms with Gasteiger partial charge in [-0.05, 0) is 6.92 Å². The van der Waals surface area contributed by atoms with Crippen molar-refractivity contribution < 1.29 is 9.18 Å². The third kappa shape index (κ3) is 2.24. The second-order valence-electron chi connectivity index (χ2n) is 2.79. The summed E-state index contributed by atoms with van der Waals surface area (Å²) in [6, 6.07) is 0. The van der Waals surface area contributed by atoms with E-state index in [1.165, 1.54) is 13.0 Å². The molecule has 0 unspecified atom stereocenters. The van der Waals surface area contributed by atoms with Crippen molar-refractivity contribution in [1.29, 1.82) is 0 Å². The first-order valence-corrected chi connectivity index (χ1v) is 3.94. The smallest absolute Gasteiger partial charge is 0.163 e. The molecule has 70 valence electrons. The van der Waals surface area contributed by atoms with Crippen molar-refractivity contribution in [1.82, 2.24) is 9.78 Å². The highest BCUT2D eigenvalue weighted by atomic mass is 19.1. The molecule has 1 aromatic rings. The van der Waals surface area contributed by atoms with Gasteiger partial charge in [-0.1, -0.05) is 6.08 Å². The van der Waals surface area contributed by atoms with Gasteiger partial charge in [0, 0.05) is 19.7 Å². The minimum Gasteiger partial charge on any atom is -0.294 e. The van der Waals surface area contributed by atoms with E-state index in [1.54, 1.807) is 17.9 Å². The van der Waals surface area contributed by atoms with Crippen LogP contribution in [0.5, 0.6) is 0 Å². The predicted molar refractivity (Wildman–Crippen MR) is 47.2 cm³/mol. The van der Waals surface area contributed by atoms with E-state index >= 15 is 0 Å². The van der Waals surface area contributed by atoms with Crippen LogP contribution in [0.15, 0.2) is 18.6 Å². The number of aromatic nitrogens is 2. The number of rotatable bonds is 3. The molecule has 4 heteroatoms. The van der Waals surface area contributed by atoms with E-state index in [4.69, 9.17) is 0 Å². The van der Waals surface area contributed by atoms with Crippen LogP contribution in [0.1, 0.15) is 23.0 Å². The number of ketones is 1. The van der Waals surface area contributed by atoms with Gasteiger partial charge in [0.15, 0.2) is 5.78 Å². The first kappa shape index (κ1) is 9.64. The molecule has 0 saturated heterocycles. The summed E-state index contributed by atoms with van der Waals surface area (Å²) < 4.78 is 13.3. The predicted octanol–water partition coefficient (Wildman–Crippen LogP) is 1.65. The van der Waals surface area contributed by atoms with Gasteiger partial charge in [-0.25, -0.2) is 4.39 Å². The summed E-state index contributed by atoms with van der Waals surface area (Å²) in [5.41, 5.74) is 1.17. The number of aryl methyl sites for hydroxylation is 1. The van der Waals surface area contributed by atoms with E-state index in [0.29, 0.717) is 24.0 Å². The van der Waals surface area contributed by atoms with E-state index in [1.807, 2.05) is 0 Å². The lowest BCUT2D eigenvalue weighted by Crippen LogP contribution is -1.95. The monoisotopic (exact) mass is 182 g/mol. The van der Waals surface area contributed by atoms with Crippen molar-refractivity contribution in [2.24, 2.45) is 7.05 Å². The molecule has 1 aromatic heterocycles. The van der Waals surface area contributed by atoms with Crippen molar-refractivity contribution >= 4 is 5.78 Å². The Morgan fingerprint density at radius 2 is 2.46 bits per heavy atom. The molecule has 0 atom stereocenters. The largest absolute Gasteiger partial charge is 0.294 e. The molecule has 0 bridgehead atoms. The van der Waals surface area contributed by atoms with Crippen molar-refractivity contribution in [2.45, 2.75) is 13.3 Å². The zero-order valence-corrected chi connectivity index (χ0v) is 7.62. The first-order chi connectivity index (χ1) is 6.15. The quantitative estimate of drug-likeness (QED) is 0.666. The Kier molecular flexibility index (Phi) is 2.95. The Labute approximate surface area is 75.9 Å². The Morgan fingerprint density at radius 3 is 3.00 bits per heavy atom. The molecule has 0 amide bonds. The fraction of sp³-hybridized carbons (Fsp3) is 0.333. The van der Waals surface area contributed by atoms with Gasteiger partial charge in [0.25, 0.3) is 0 Å². The highest BCUT2D eigenvalue weighted by molar-refractivity contribution is 5.94. The van der Waals surface area contributed by atoms with Gasteiger partial charge < -0.3 is 0 Å². The van der Waals surface area contributed by atoms with Crippen LogP contribution in [0.2, 0.25) is 0 Å². The number of Topliss-reactive ketones (excluding diaryl/α,β-unsaturated/α-hetero) is 1. The van der Waals surface area contributed by atoms with E-state index in [2.05, 4.69) is 5.10 Å². The SMILES string of the molecule is CC(=O)c1cn(C)nc1CC=CF. The summed E-state index contributed by atoms with van der Waals surface area (Å²) in [6.45, 7) is 1.47. The van der Waals surface area contributed by atoms with E-state index in [9.17, 15) is 9.18 Å². The molecule has 1 heterocycles. The summed E-state index contributed by atoms with van der Waals surface area (Å²) in [5.74, 6) is -0.0460. The maximum absolute atomic E-state index is 11.7. The molecule has 0 spiro atoms. The molecule has 0 aliphatic heterocycles. The van der Waals surface area contributed by atoms with Gasteiger partial charge in [0.05, 0.1) is 17.6 Å². The van der Waals surface area contributed by atoms with Crippen LogP contribution < -0.4 is 0 Å². The number of carbonyl (C=O) groups excluding carboxylic acids is 1. The van der Waals surface area contributed by atoms with Crippen molar-refractivity contribution in [3.05, 3.63) is 29.9 Å². The summed E-state index contributed by atoms with van der Waals surface area (Å²) in [5, 5.41) is 4.05. The minimum absolute atomic E-state index is 0.0460. The Balaban J connectivity index is 2.97. The second-order valence-corrected chi connectivity index (χ2v) is 2.79. The molecule has 0 aliphatic carbocycles. The Hall–Kier alpha value is -1.45. The van der Waals surface area contributed by atoms with E-state index in [-0.39, 0.29) is 5.78 Å². The lowest BCUT2D eigenvalue weighted by molar-refractivity contribution is 0.101. The van der Waals surface area contributed by atoms with Gasteiger partial charge in [0.2, 0.25) is 0 Å². The summed E-state index contributed by atoms with van der Waals surface area (Å²) in [4.78, 5) is 11.1. The molecule has 0 aliphatic rings. The van der Waals surface area contributed by atoms with Crippen molar-refractivity contribution in [3.8, 4) is 0 Å². The first-order valence-electron chi connectivity index (χ1n) is 3.94. The van der Waals surface area contributed by atoms with Crippen molar-refractivity contribution in [3.63, 3.8) is 0 Å². The van der Waals surface area contributed by atoms with Gasteiger partial charge in [-0.3, -0.25) is 9.48 Å². The lowest BCUT2D eigenvalue weighted by Gasteiger charge is -1.91. The third-order valence-electron chi connectivity index (χ3n) is 1.68. The number of hydrogen-bond acceptors (Lipinski definition) is 2. The number of nitrogens with zero attached hydrogens (tertiary/aromatic N) is 2. The summed E-state index contributed by atoms with van der Waals surface area (Å²) in [7, 11) is 1.73. The van der Waals surface area contributed by atoms with Crippen LogP contribution in [0.4, 0.5) is 4.39 Å². The second kappa shape index (κ2) is 3.98. The zero-order valence-electron chi connectivity index (χ0n) is 7.62. The normalized spacial score (nSPS) is 11.0. The van der Waals surface area contributed by atoms with Crippen molar-refractivity contribution in [2.75, 3.05) is 0 Å². The van der Waals surface area contributed by atoms with Crippen LogP contribution in [0.25, 0.3) is 0 Å². The number of hydrogen-bond donors (Lipinski definition) is 0. The number of allylic oxidation sites excluding steroid dienone is 1. The summed E-state index contributed by atoms with van der Waals surface area (Å²) in [6.07, 6.45) is 3.78. The van der Waals surface area contributed by atoms with E-state index < -0.39 is 0 Å². The average molecular weight is 182 g/mol. The van der Waals surface area contributed by atoms with Crippen LogP contribution in [-0.2, 0) is 13.5 Å². The molecule has 0 fully saturated rings. The number of halogens is 1. The molecule has 1 rings (SSSR count). The summed E-state index contributed by atoms with van der Waals surface area (Å²) >= 11 is 0. The maximum Gasteiger partial charge on any atom is 0.163 e. The van der Waals surface area contributed by atoms with Gasteiger partial charge in [-0.2, -0.15) is 5.10 Å². The Bertz CT molecular complexity index is 341. The van der Waals surface area contributed by atoms with Crippen LogP contribution >= 0.6 is 0 Å². The van der Waals surface area contributed by atoms with Crippen LogP contribution in [0, 0.1) is 0 Å². The fourth-order valence-electron chi connectivity index (χ4n) is 1.14. The van der Waals surface area contributed by atoms with Gasteiger partial charge in [-0.15, -0.1) is 0 Å². The fourth-order valence-corrected chi connectivity index (χ4v) is 1.14. The third-order valence-corrected chi connectivity index (χ3v) is 1.68. The standard InChI is InChI=1S/C9H11FN2O/c1-7(13)8-6-12(2)11-9(8)4-3-5-10/h3,5-6H,4H2,1-2H3. The van der Waals surface area contributed by atoms with Gasteiger partial charge >= 0.3 is 0 Å². The highest BCUT2D eigenvalue weighted by Crippen LogP contribution is 2.08. The molecule has 0 N–H and O–H groups in total. The molecule has 0 saturated carbocycles. The number of carbonyl (C=O) groups is 1. The lowest BCUT2D eigenvalue weighted by atomic mass is 10.1. The minimum atomic E-state index is -0.0460. The molecular formula is C9H11FN2O. The molecule has 3 nitrogen and oxygen atoms in total. The molecule has 0 aromatic carbocycles. The zero-order chi connectivity index (χ0) is 9.84. The molecular weight excluding hydrogens is 171 g/mol. The van der Waals surface area contributed by atoms with Gasteiger partial charge in [0.1, 0.15) is 0 Å². The molecule has 0 radical (unpaired) electrons. The Morgan fingerprint density at radius 1 is 1.77 bits per heavy atom. The topological polar surface area (TPSA) is 34.9 Å². The average Bonchev–Trinajstić information content (AvgIpc) is 2.43. The van der Waals surface area contributed by atoms with Crippen LogP contribution in [-0.4, -0.2) is 15.6 Å².